The van der Waals surface area contributed by atoms with Gasteiger partial charge in [0.1, 0.15) is 18.8 Å². The van der Waals surface area contributed by atoms with Gasteiger partial charge in [-0.2, -0.15) is 0 Å². The molecule has 5 N–H and O–H groups in total. The highest BCUT2D eigenvalue weighted by Gasteiger charge is 2.16. The minimum absolute atomic E-state index is 0. The van der Waals surface area contributed by atoms with Gasteiger partial charge in [0.15, 0.2) is 0 Å². The van der Waals surface area contributed by atoms with E-state index in [0.717, 1.165) is 0 Å². The van der Waals surface area contributed by atoms with Crippen molar-refractivity contribution in [3.8, 4) is 0 Å². The first kappa shape index (κ1) is 31.8. The molecule has 0 aliphatic rings. The third kappa shape index (κ3) is 14.9. The monoisotopic (exact) mass is 520 g/mol. The summed E-state index contributed by atoms with van der Waals surface area (Å²) in [5.74, 6) is 0. The van der Waals surface area contributed by atoms with Crippen molar-refractivity contribution in [1.29, 1.82) is 0 Å². The average molecular weight is 521 g/mol. The van der Waals surface area contributed by atoms with E-state index in [1.807, 2.05) is 0 Å². The highest BCUT2D eigenvalue weighted by molar-refractivity contribution is 5.87. The van der Waals surface area contributed by atoms with Gasteiger partial charge in [-0.15, -0.1) is 12.4 Å². The largest absolute Gasteiger partial charge is 0.445 e. The van der Waals surface area contributed by atoms with Crippen LogP contribution in [0, 0.1) is 0 Å². The predicted molar refractivity (Wildman–Crippen MR) is 145 cm³/mol. The Kier molecular flexibility index (Phi) is 14.5. The molecule has 2 aromatic carbocycles. The molecule has 0 heterocycles. The van der Waals surface area contributed by atoms with Crippen molar-refractivity contribution < 1.29 is 28.6 Å². The van der Waals surface area contributed by atoms with Crippen molar-refractivity contribution in [3.63, 3.8) is 0 Å². The van der Waals surface area contributed by atoms with Gasteiger partial charge in [-0.05, 0) is 69.3 Å². The lowest BCUT2D eigenvalue weighted by molar-refractivity contribution is 0.0635. The Morgan fingerprint density at radius 2 is 1.08 bits per heavy atom. The number of nitrogen functional groups attached to an aromatic ring is 1. The molecule has 0 saturated carbocycles. The fraction of sp³-hybridized carbons (Fsp3) is 0.240. The van der Waals surface area contributed by atoms with E-state index in [1.165, 1.54) is 12.2 Å². The fourth-order valence-electron chi connectivity index (χ4n) is 2.20. The molecule has 0 aliphatic heterocycles. The third-order valence-electron chi connectivity index (χ3n) is 3.60. The van der Waals surface area contributed by atoms with Crippen LogP contribution in [0.5, 0.6) is 0 Å². The van der Waals surface area contributed by atoms with Crippen LogP contribution in [0.25, 0.3) is 0 Å². The van der Waals surface area contributed by atoms with Crippen LogP contribution in [0.3, 0.4) is 0 Å². The average Bonchev–Trinajstić information content (AvgIpc) is 2.78. The molecule has 3 amide bonds. The van der Waals surface area contributed by atoms with Crippen LogP contribution in [-0.2, 0) is 14.2 Å². The van der Waals surface area contributed by atoms with Crippen LogP contribution in [0.2, 0.25) is 0 Å². The van der Waals surface area contributed by atoms with Gasteiger partial charge >= 0.3 is 18.3 Å². The molecule has 0 bridgehead atoms. The van der Waals surface area contributed by atoms with Gasteiger partial charge in [-0.25, -0.2) is 14.4 Å². The first-order valence-electron chi connectivity index (χ1n) is 10.6. The summed E-state index contributed by atoms with van der Waals surface area (Å²) in [6.07, 6.45) is 1.38. The molecule has 10 nitrogen and oxygen atoms in total. The number of ether oxygens (including phenoxy) is 3. The van der Waals surface area contributed by atoms with Crippen LogP contribution in [0.4, 0.5) is 37.1 Å². The number of amides is 3. The molecular formula is C25H33ClN4O6. The standard InChI is InChI=1S/C15H20N2O4.C10H12N2O2.ClH/c1-5-10-20-13(18)16-11-6-8-12(9-7-11)17-14(19)21-15(2,3)4;1-2-7-14-10(13)12-9-5-3-8(11)4-6-9;/h5-9H,1,10H2,2-4H3,(H,16,18)(H,17,19);2-6H,1,7,11H2,(H,12,13);1H. The zero-order valence-corrected chi connectivity index (χ0v) is 21.4. The van der Waals surface area contributed by atoms with E-state index in [-0.39, 0.29) is 25.6 Å². The Morgan fingerprint density at radius 3 is 1.42 bits per heavy atom. The number of nitrogens with two attached hydrogens (primary N) is 1. The summed E-state index contributed by atoms with van der Waals surface area (Å²) in [4.78, 5) is 33.9. The summed E-state index contributed by atoms with van der Waals surface area (Å²) in [6.45, 7) is 12.6. The van der Waals surface area contributed by atoms with Gasteiger partial charge in [0.25, 0.3) is 0 Å². The van der Waals surface area contributed by atoms with Crippen molar-refractivity contribution in [3.05, 3.63) is 73.8 Å². The second kappa shape index (κ2) is 16.4. The number of hydrogen-bond acceptors (Lipinski definition) is 7. The molecule has 36 heavy (non-hydrogen) atoms. The number of carbonyl (C=O) groups is 3. The van der Waals surface area contributed by atoms with E-state index in [4.69, 9.17) is 19.9 Å². The number of halogens is 1. The molecule has 11 heteroatoms. The summed E-state index contributed by atoms with van der Waals surface area (Å²) < 4.78 is 14.6. The first-order chi connectivity index (χ1) is 16.5. The molecule has 0 spiro atoms. The van der Waals surface area contributed by atoms with Crippen molar-refractivity contribution in [2.24, 2.45) is 0 Å². The Hall–Kier alpha value is -4.18. The molecule has 196 valence electrons. The lowest BCUT2D eigenvalue weighted by Gasteiger charge is -2.19. The summed E-state index contributed by atoms with van der Waals surface area (Å²) in [6, 6.07) is 13.4. The maximum absolute atomic E-state index is 11.6. The maximum Gasteiger partial charge on any atom is 0.412 e. The van der Waals surface area contributed by atoms with Gasteiger partial charge in [0.05, 0.1) is 0 Å². The van der Waals surface area contributed by atoms with Gasteiger partial charge in [-0.1, -0.05) is 25.3 Å². The van der Waals surface area contributed by atoms with E-state index < -0.39 is 23.9 Å². The SMILES string of the molecule is C=CCOC(=O)Nc1ccc(N)cc1.C=CCOC(=O)Nc1ccc(NC(=O)OC(C)(C)C)cc1.Cl. The van der Waals surface area contributed by atoms with Crippen LogP contribution in [0.1, 0.15) is 20.8 Å². The minimum Gasteiger partial charge on any atom is -0.445 e. The van der Waals surface area contributed by atoms with Crippen molar-refractivity contribution in [2.45, 2.75) is 26.4 Å². The lowest BCUT2D eigenvalue weighted by Crippen LogP contribution is -2.27. The molecule has 0 unspecified atom stereocenters. The maximum atomic E-state index is 11.6. The molecule has 0 fully saturated rings. The van der Waals surface area contributed by atoms with Crippen molar-refractivity contribution in [1.82, 2.24) is 0 Å². The van der Waals surface area contributed by atoms with Gasteiger partial charge in [0, 0.05) is 22.7 Å². The number of rotatable bonds is 7. The van der Waals surface area contributed by atoms with Gasteiger partial charge in [0.2, 0.25) is 0 Å². The Morgan fingerprint density at radius 1 is 0.750 bits per heavy atom. The lowest BCUT2D eigenvalue weighted by atomic mass is 10.2. The van der Waals surface area contributed by atoms with E-state index >= 15 is 0 Å². The smallest absolute Gasteiger partial charge is 0.412 e. The topological polar surface area (TPSA) is 141 Å². The summed E-state index contributed by atoms with van der Waals surface area (Å²) in [7, 11) is 0. The minimum atomic E-state index is -0.567. The highest BCUT2D eigenvalue weighted by Crippen LogP contribution is 2.15. The normalized spacial score (nSPS) is 9.64. The second-order valence-corrected chi connectivity index (χ2v) is 7.85. The molecule has 0 aromatic heterocycles. The van der Waals surface area contributed by atoms with E-state index in [9.17, 15) is 14.4 Å². The molecule has 0 aliphatic carbocycles. The quantitative estimate of drug-likeness (QED) is 0.193. The Labute approximate surface area is 217 Å². The third-order valence-corrected chi connectivity index (χ3v) is 3.60. The van der Waals surface area contributed by atoms with Crippen LogP contribution >= 0.6 is 12.4 Å². The fourth-order valence-corrected chi connectivity index (χ4v) is 2.20. The van der Waals surface area contributed by atoms with Crippen molar-refractivity contribution in [2.75, 3.05) is 34.9 Å². The molecule has 2 aromatic rings. The number of carbonyl (C=O) groups excluding carboxylic acids is 3. The summed E-state index contributed by atoms with van der Waals surface area (Å²) >= 11 is 0. The van der Waals surface area contributed by atoms with Crippen molar-refractivity contribution >= 4 is 53.4 Å². The Balaban J connectivity index is 0.000000713. The molecular weight excluding hydrogens is 488 g/mol. The van der Waals surface area contributed by atoms with E-state index in [1.54, 1.807) is 69.3 Å². The Bertz CT molecular complexity index is 989. The number of anilines is 4. The zero-order valence-electron chi connectivity index (χ0n) is 20.5. The number of hydrogen-bond donors (Lipinski definition) is 4. The van der Waals surface area contributed by atoms with Gasteiger partial charge < -0.3 is 19.9 Å². The second-order valence-electron chi connectivity index (χ2n) is 7.85. The number of nitrogens with one attached hydrogen (secondary N) is 3. The van der Waals surface area contributed by atoms with E-state index in [2.05, 4.69) is 29.1 Å². The summed E-state index contributed by atoms with van der Waals surface area (Å²) in [5.41, 5.74) is 7.34. The molecule has 0 radical (unpaired) electrons. The molecule has 2 rings (SSSR count). The molecule has 0 atom stereocenters. The van der Waals surface area contributed by atoms with Crippen LogP contribution in [0.15, 0.2) is 73.8 Å². The predicted octanol–water partition coefficient (Wildman–Crippen LogP) is 6.19. The van der Waals surface area contributed by atoms with E-state index in [0.29, 0.717) is 22.7 Å². The zero-order chi connectivity index (χ0) is 26.3. The number of benzene rings is 2. The summed E-state index contributed by atoms with van der Waals surface area (Å²) in [5, 5.41) is 7.68. The highest BCUT2D eigenvalue weighted by atomic mass is 35.5. The van der Waals surface area contributed by atoms with Gasteiger partial charge in [-0.3, -0.25) is 16.0 Å². The first-order valence-corrected chi connectivity index (χ1v) is 10.6. The van der Waals surface area contributed by atoms with Crippen LogP contribution in [-0.4, -0.2) is 37.1 Å². The molecule has 0 saturated heterocycles. The van der Waals surface area contributed by atoms with Crippen LogP contribution < -0.4 is 21.7 Å².